The van der Waals surface area contributed by atoms with Crippen LogP contribution in [0.2, 0.25) is 0 Å². The first kappa shape index (κ1) is 17.2. The molecule has 0 aromatic heterocycles. The van der Waals surface area contributed by atoms with Crippen LogP contribution in [0.5, 0.6) is 0 Å². The van der Waals surface area contributed by atoms with Crippen molar-refractivity contribution in [3.8, 4) is 0 Å². The van der Waals surface area contributed by atoms with Crippen LogP contribution >= 0.6 is 0 Å². The Kier molecular flexibility index (Phi) is 5.74. The molecule has 5 nitrogen and oxygen atoms in total. The van der Waals surface area contributed by atoms with Gasteiger partial charge in [0.2, 0.25) is 0 Å². The van der Waals surface area contributed by atoms with Gasteiger partial charge in [-0.3, -0.25) is 4.79 Å². The molecular formula is C19H29N3O2. The second kappa shape index (κ2) is 7.99. The fourth-order valence-corrected chi connectivity index (χ4v) is 3.68. The van der Waals surface area contributed by atoms with Gasteiger partial charge in [-0.05, 0) is 43.7 Å². The minimum absolute atomic E-state index is 0.0803. The van der Waals surface area contributed by atoms with Gasteiger partial charge in [0.15, 0.2) is 0 Å². The number of aliphatic hydroxyl groups is 1. The van der Waals surface area contributed by atoms with E-state index >= 15 is 0 Å². The summed E-state index contributed by atoms with van der Waals surface area (Å²) in [6.07, 6.45) is 3.37. The van der Waals surface area contributed by atoms with Gasteiger partial charge in [-0.25, -0.2) is 0 Å². The Labute approximate surface area is 144 Å². The average Bonchev–Trinajstić information content (AvgIpc) is 2.64. The lowest BCUT2D eigenvalue weighted by molar-refractivity contribution is 0.0717. The summed E-state index contributed by atoms with van der Waals surface area (Å²) >= 11 is 0. The normalized spacial score (nSPS) is 25.5. The van der Waals surface area contributed by atoms with E-state index in [9.17, 15) is 9.90 Å². The molecule has 2 N–H and O–H groups in total. The van der Waals surface area contributed by atoms with Gasteiger partial charge in [0.1, 0.15) is 0 Å². The van der Waals surface area contributed by atoms with Crippen LogP contribution in [-0.2, 0) is 0 Å². The van der Waals surface area contributed by atoms with E-state index in [0.717, 1.165) is 58.4 Å². The molecule has 1 aliphatic heterocycles. The lowest BCUT2D eigenvalue weighted by Crippen LogP contribution is -2.46. The maximum Gasteiger partial charge on any atom is 0.251 e. The van der Waals surface area contributed by atoms with Crippen molar-refractivity contribution in [2.45, 2.75) is 44.8 Å². The standard InChI is InChI=1S/C19H29N3O2/c1-2-21-11-13-22(14-12-21)16-9-7-15(8-10-16)19(24)20-17-5-3-4-6-18(17)23/h7-10,17-18,23H,2-6,11-14H2,1H3,(H,20,24). The van der Waals surface area contributed by atoms with Crippen molar-refractivity contribution in [2.75, 3.05) is 37.6 Å². The summed E-state index contributed by atoms with van der Waals surface area (Å²) in [5.41, 5.74) is 1.85. The molecule has 1 aromatic carbocycles. The van der Waals surface area contributed by atoms with Gasteiger partial charge < -0.3 is 20.2 Å². The molecule has 2 unspecified atom stereocenters. The molecule has 2 fully saturated rings. The van der Waals surface area contributed by atoms with Gasteiger partial charge in [-0.2, -0.15) is 0 Å². The monoisotopic (exact) mass is 331 g/mol. The third-order valence-electron chi connectivity index (χ3n) is 5.36. The van der Waals surface area contributed by atoms with Gasteiger partial charge in [0.25, 0.3) is 5.91 Å². The Morgan fingerprint density at radius 1 is 1.12 bits per heavy atom. The van der Waals surface area contributed by atoms with Gasteiger partial charge in [-0.1, -0.05) is 19.8 Å². The number of likely N-dealkylation sites (N-methyl/N-ethyl adjacent to an activating group) is 1. The fourth-order valence-electron chi connectivity index (χ4n) is 3.68. The van der Waals surface area contributed by atoms with Crippen molar-refractivity contribution in [3.05, 3.63) is 29.8 Å². The van der Waals surface area contributed by atoms with E-state index in [0.29, 0.717) is 5.56 Å². The number of nitrogens with zero attached hydrogens (tertiary/aromatic N) is 2. The number of benzene rings is 1. The number of carbonyl (C=O) groups excluding carboxylic acids is 1. The quantitative estimate of drug-likeness (QED) is 0.884. The Morgan fingerprint density at radius 2 is 1.79 bits per heavy atom. The van der Waals surface area contributed by atoms with Crippen molar-refractivity contribution in [2.24, 2.45) is 0 Å². The van der Waals surface area contributed by atoms with Gasteiger partial charge in [-0.15, -0.1) is 0 Å². The molecule has 5 heteroatoms. The van der Waals surface area contributed by atoms with Crippen molar-refractivity contribution in [3.63, 3.8) is 0 Å². The van der Waals surface area contributed by atoms with Crippen LogP contribution in [-0.4, -0.2) is 60.8 Å². The topological polar surface area (TPSA) is 55.8 Å². The Balaban J connectivity index is 1.57. The molecule has 1 heterocycles. The van der Waals surface area contributed by atoms with Crippen LogP contribution in [0.4, 0.5) is 5.69 Å². The van der Waals surface area contributed by atoms with Crippen LogP contribution in [0.25, 0.3) is 0 Å². The molecule has 1 amide bonds. The fraction of sp³-hybridized carbons (Fsp3) is 0.632. The zero-order valence-electron chi connectivity index (χ0n) is 14.6. The number of nitrogens with one attached hydrogen (secondary N) is 1. The highest BCUT2D eigenvalue weighted by molar-refractivity contribution is 5.94. The zero-order valence-corrected chi connectivity index (χ0v) is 14.6. The molecule has 132 valence electrons. The summed E-state index contributed by atoms with van der Waals surface area (Å²) in [6.45, 7) is 7.57. The van der Waals surface area contributed by atoms with Crippen molar-refractivity contribution in [1.82, 2.24) is 10.2 Å². The summed E-state index contributed by atoms with van der Waals surface area (Å²) in [4.78, 5) is 17.2. The van der Waals surface area contributed by atoms with E-state index in [2.05, 4.69) is 22.0 Å². The van der Waals surface area contributed by atoms with Crippen LogP contribution in [0.1, 0.15) is 43.0 Å². The highest BCUT2D eigenvalue weighted by Gasteiger charge is 2.25. The predicted molar refractivity (Wildman–Crippen MR) is 96.5 cm³/mol. The summed E-state index contributed by atoms with van der Waals surface area (Å²) in [6, 6.07) is 7.76. The second-order valence-corrected chi connectivity index (χ2v) is 6.90. The number of hydrogen-bond donors (Lipinski definition) is 2. The largest absolute Gasteiger partial charge is 0.391 e. The first-order valence-corrected chi connectivity index (χ1v) is 9.23. The lowest BCUT2D eigenvalue weighted by atomic mass is 9.92. The molecule has 0 radical (unpaired) electrons. The first-order valence-electron chi connectivity index (χ1n) is 9.23. The molecule has 0 bridgehead atoms. The molecule has 2 aliphatic rings. The molecule has 1 aromatic rings. The molecule has 1 saturated carbocycles. The van der Waals surface area contributed by atoms with E-state index < -0.39 is 6.10 Å². The summed E-state index contributed by atoms with van der Waals surface area (Å²) in [5, 5.41) is 13.0. The molecular weight excluding hydrogens is 302 g/mol. The molecule has 0 spiro atoms. The van der Waals surface area contributed by atoms with Crippen molar-refractivity contribution < 1.29 is 9.90 Å². The van der Waals surface area contributed by atoms with Crippen LogP contribution in [0.3, 0.4) is 0 Å². The summed E-state index contributed by atoms with van der Waals surface area (Å²) in [7, 11) is 0. The minimum Gasteiger partial charge on any atom is -0.391 e. The Hall–Kier alpha value is -1.59. The minimum atomic E-state index is -0.406. The number of anilines is 1. The van der Waals surface area contributed by atoms with E-state index in [-0.39, 0.29) is 11.9 Å². The summed E-state index contributed by atoms with van der Waals surface area (Å²) < 4.78 is 0. The lowest BCUT2D eigenvalue weighted by Gasteiger charge is -2.35. The number of rotatable bonds is 4. The number of aliphatic hydroxyl groups excluding tert-OH is 1. The smallest absolute Gasteiger partial charge is 0.251 e. The van der Waals surface area contributed by atoms with E-state index in [1.807, 2.05) is 24.3 Å². The molecule has 2 atom stereocenters. The maximum atomic E-state index is 12.4. The molecule has 24 heavy (non-hydrogen) atoms. The number of piperazine rings is 1. The molecule has 1 saturated heterocycles. The van der Waals surface area contributed by atoms with Crippen molar-refractivity contribution in [1.29, 1.82) is 0 Å². The van der Waals surface area contributed by atoms with Gasteiger partial charge in [0.05, 0.1) is 12.1 Å². The third-order valence-corrected chi connectivity index (χ3v) is 5.36. The Bertz CT molecular complexity index is 538. The third kappa shape index (κ3) is 4.08. The number of hydrogen-bond acceptors (Lipinski definition) is 4. The second-order valence-electron chi connectivity index (χ2n) is 6.90. The zero-order chi connectivity index (χ0) is 16.9. The van der Waals surface area contributed by atoms with Gasteiger partial charge >= 0.3 is 0 Å². The first-order chi connectivity index (χ1) is 11.7. The summed E-state index contributed by atoms with van der Waals surface area (Å²) in [5.74, 6) is -0.0803. The molecule has 3 rings (SSSR count). The number of carbonyl (C=O) groups is 1. The molecule has 1 aliphatic carbocycles. The predicted octanol–water partition coefficient (Wildman–Crippen LogP) is 1.86. The average molecular weight is 331 g/mol. The van der Waals surface area contributed by atoms with Crippen LogP contribution in [0, 0.1) is 0 Å². The SMILES string of the molecule is CCN1CCN(c2ccc(C(=O)NC3CCCCC3O)cc2)CC1. The maximum absolute atomic E-state index is 12.4. The number of amides is 1. The van der Waals surface area contributed by atoms with E-state index in [1.54, 1.807) is 0 Å². The Morgan fingerprint density at radius 3 is 2.42 bits per heavy atom. The van der Waals surface area contributed by atoms with Crippen LogP contribution < -0.4 is 10.2 Å². The van der Waals surface area contributed by atoms with Gasteiger partial charge in [0, 0.05) is 37.4 Å². The van der Waals surface area contributed by atoms with E-state index in [1.165, 1.54) is 5.69 Å². The highest BCUT2D eigenvalue weighted by atomic mass is 16.3. The van der Waals surface area contributed by atoms with E-state index in [4.69, 9.17) is 0 Å². The van der Waals surface area contributed by atoms with Crippen LogP contribution in [0.15, 0.2) is 24.3 Å². The highest BCUT2D eigenvalue weighted by Crippen LogP contribution is 2.20. The van der Waals surface area contributed by atoms with Crippen molar-refractivity contribution >= 4 is 11.6 Å².